The number of likely N-dealkylation sites (N-methyl/N-ethyl adjacent to an activating group) is 1. The summed E-state index contributed by atoms with van der Waals surface area (Å²) >= 11 is 3.52. The number of anilines is 1. The molecule has 1 aromatic carbocycles. The maximum absolute atomic E-state index is 3.52. The number of allylic oxidation sites excluding steroid dienone is 1. The Bertz CT molecular complexity index is 403. The van der Waals surface area contributed by atoms with Gasteiger partial charge in [-0.2, -0.15) is 0 Å². The summed E-state index contributed by atoms with van der Waals surface area (Å²) in [7, 11) is 2.14. The molecule has 0 unspecified atom stereocenters. The third-order valence-electron chi connectivity index (χ3n) is 2.69. The van der Waals surface area contributed by atoms with E-state index in [2.05, 4.69) is 59.9 Å². The normalized spacial score (nSPS) is 14.6. The van der Waals surface area contributed by atoms with Crippen molar-refractivity contribution in [2.24, 2.45) is 0 Å². The van der Waals surface area contributed by atoms with Crippen LogP contribution in [-0.4, -0.2) is 13.6 Å². The summed E-state index contributed by atoms with van der Waals surface area (Å²) in [5.74, 6) is 0. The molecule has 0 aliphatic carbocycles. The molecule has 0 saturated heterocycles. The van der Waals surface area contributed by atoms with Crippen LogP contribution < -0.4 is 4.90 Å². The van der Waals surface area contributed by atoms with Gasteiger partial charge in [-0.1, -0.05) is 21.5 Å². The highest BCUT2D eigenvalue weighted by Gasteiger charge is 2.21. The monoisotopic (exact) mass is 251 g/mol. The maximum atomic E-state index is 3.52. The third-order valence-corrected chi connectivity index (χ3v) is 3.19. The van der Waals surface area contributed by atoms with Crippen LogP contribution in [0.1, 0.15) is 19.4 Å². The second-order valence-corrected chi connectivity index (χ2v) is 4.91. The number of benzene rings is 1. The minimum absolute atomic E-state index is 1.04. The van der Waals surface area contributed by atoms with Crippen LogP contribution in [0.25, 0.3) is 5.57 Å². The van der Waals surface area contributed by atoms with Gasteiger partial charge in [0.15, 0.2) is 0 Å². The first-order valence-electron chi connectivity index (χ1n) is 4.77. The first kappa shape index (κ1) is 9.78. The zero-order valence-corrected chi connectivity index (χ0v) is 10.4. The van der Waals surface area contributed by atoms with Crippen molar-refractivity contribution in [3.63, 3.8) is 0 Å². The van der Waals surface area contributed by atoms with E-state index in [4.69, 9.17) is 0 Å². The van der Waals surface area contributed by atoms with E-state index in [1.54, 1.807) is 0 Å². The van der Waals surface area contributed by atoms with Crippen molar-refractivity contribution < 1.29 is 0 Å². The lowest BCUT2D eigenvalue weighted by Gasteiger charge is -2.10. The SMILES string of the molecule is CC(C)=C1CN(C)c2ccc(Br)cc21. The van der Waals surface area contributed by atoms with Crippen molar-refractivity contribution in [1.82, 2.24) is 0 Å². The second-order valence-electron chi connectivity index (χ2n) is 4.00. The molecule has 0 fully saturated rings. The van der Waals surface area contributed by atoms with Gasteiger partial charge in [0.05, 0.1) is 0 Å². The highest BCUT2D eigenvalue weighted by atomic mass is 79.9. The van der Waals surface area contributed by atoms with Gasteiger partial charge in [-0.15, -0.1) is 0 Å². The fourth-order valence-electron chi connectivity index (χ4n) is 1.92. The third kappa shape index (κ3) is 1.48. The van der Waals surface area contributed by atoms with Gasteiger partial charge in [0.1, 0.15) is 0 Å². The minimum atomic E-state index is 1.04. The Kier molecular flexibility index (Phi) is 2.40. The Morgan fingerprint density at radius 3 is 2.71 bits per heavy atom. The van der Waals surface area contributed by atoms with Crippen molar-refractivity contribution in [2.75, 3.05) is 18.5 Å². The van der Waals surface area contributed by atoms with E-state index in [0.29, 0.717) is 0 Å². The Morgan fingerprint density at radius 2 is 2.07 bits per heavy atom. The Balaban J connectivity index is 2.63. The molecule has 1 heterocycles. The maximum Gasteiger partial charge on any atom is 0.0444 e. The van der Waals surface area contributed by atoms with Crippen molar-refractivity contribution >= 4 is 27.2 Å². The molecule has 0 radical (unpaired) electrons. The van der Waals surface area contributed by atoms with E-state index >= 15 is 0 Å². The number of hydrogen-bond donors (Lipinski definition) is 0. The van der Waals surface area contributed by atoms with Gasteiger partial charge in [0.2, 0.25) is 0 Å². The summed E-state index contributed by atoms with van der Waals surface area (Å²) in [4.78, 5) is 2.30. The first-order valence-corrected chi connectivity index (χ1v) is 5.56. The van der Waals surface area contributed by atoms with Crippen molar-refractivity contribution in [3.05, 3.63) is 33.8 Å². The molecule has 2 rings (SSSR count). The van der Waals surface area contributed by atoms with E-state index in [1.807, 2.05) is 0 Å². The smallest absolute Gasteiger partial charge is 0.0444 e. The fraction of sp³-hybridized carbons (Fsp3) is 0.333. The number of fused-ring (bicyclic) bond motifs is 1. The molecule has 1 nitrogen and oxygen atoms in total. The van der Waals surface area contributed by atoms with E-state index in [-0.39, 0.29) is 0 Å². The molecule has 1 aliphatic heterocycles. The second kappa shape index (κ2) is 3.43. The minimum Gasteiger partial charge on any atom is -0.370 e. The van der Waals surface area contributed by atoms with Crippen molar-refractivity contribution in [2.45, 2.75) is 13.8 Å². The first-order chi connectivity index (χ1) is 6.59. The molecular formula is C12H14BrN. The van der Waals surface area contributed by atoms with Gasteiger partial charge < -0.3 is 4.90 Å². The van der Waals surface area contributed by atoms with Crippen LogP contribution in [0.3, 0.4) is 0 Å². The van der Waals surface area contributed by atoms with Crippen LogP contribution in [0, 0.1) is 0 Å². The van der Waals surface area contributed by atoms with Gasteiger partial charge in [-0.3, -0.25) is 0 Å². The lowest BCUT2D eigenvalue weighted by Crippen LogP contribution is -2.12. The predicted molar refractivity (Wildman–Crippen MR) is 65.7 cm³/mol. The van der Waals surface area contributed by atoms with Crippen LogP contribution in [-0.2, 0) is 0 Å². The average molecular weight is 252 g/mol. The number of halogens is 1. The molecule has 0 aromatic heterocycles. The summed E-state index contributed by atoms with van der Waals surface area (Å²) in [6.07, 6.45) is 0. The molecule has 1 aromatic rings. The molecule has 2 heteroatoms. The number of rotatable bonds is 0. The molecule has 74 valence electrons. The zero-order valence-electron chi connectivity index (χ0n) is 8.76. The van der Waals surface area contributed by atoms with E-state index in [1.165, 1.54) is 22.4 Å². The van der Waals surface area contributed by atoms with Crippen LogP contribution in [0.4, 0.5) is 5.69 Å². The van der Waals surface area contributed by atoms with Gasteiger partial charge in [-0.25, -0.2) is 0 Å². The van der Waals surface area contributed by atoms with E-state index in [9.17, 15) is 0 Å². The highest BCUT2D eigenvalue weighted by molar-refractivity contribution is 9.10. The van der Waals surface area contributed by atoms with Gasteiger partial charge in [-0.05, 0) is 37.6 Å². The van der Waals surface area contributed by atoms with Crippen molar-refractivity contribution in [3.8, 4) is 0 Å². The quantitative estimate of drug-likeness (QED) is 0.680. The lowest BCUT2D eigenvalue weighted by molar-refractivity contribution is 1.08. The molecule has 1 aliphatic rings. The Hall–Kier alpha value is -0.760. The van der Waals surface area contributed by atoms with Crippen LogP contribution in [0.5, 0.6) is 0 Å². The predicted octanol–water partition coefficient (Wildman–Crippen LogP) is 3.69. The fourth-order valence-corrected chi connectivity index (χ4v) is 2.28. The Morgan fingerprint density at radius 1 is 1.36 bits per heavy atom. The zero-order chi connectivity index (χ0) is 10.3. The summed E-state index contributed by atoms with van der Waals surface area (Å²) in [6, 6.07) is 6.49. The summed E-state index contributed by atoms with van der Waals surface area (Å²) in [5, 5.41) is 0. The summed E-state index contributed by atoms with van der Waals surface area (Å²) in [6.45, 7) is 5.40. The molecular weight excluding hydrogens is 238 g/mol. The standard InChI is InChI=1S/C12H14BrN/c1-8(2)11-7-14(3)12-5-4-9(13)6-10(11)12/h4-6H,7H2,1-3H3. The highest BCUT2D eigenvalue weighted by Crippen LogP contribution is 2.37. The van der Waals surface area contributed by atoms with E-state index in [0.717, 1.165) is 11.0 Å². The molecule has 0 spiro atoms. The van der Waals surface area contributed by atoms with Crippen molar-refractivity contribution in [1.29, 1.82) is 0 Å². The molecule has 0 bridgehead atoms. The average Bonchev–Trinajstić information content (AvgIpc) is 2.43. The largest absolute Gasteiger partial charge is 0.370 e. The molecule has 0 N–H and O–H groups in total. The van der Waals surface area contributed by atoms with Crippen LogP contribution >= 0.6 is 15.9 Å². The molecule has 0 atom stereocenters. The number of hydrogen-bond acceptors (Lipinski definition) is 1. The molecule has 14 heavy (non-hydrogen) atoms. The summed E-state index contributed by atoms with van der Waals surface area (Å²) < 4.78 is 1.16. The van der Waals surface area contributed by atoms with Gasteiger partial charge in [0.25, 0.3) is 0 Å². The topological polar surface area (TPSA) is 3.24 Å². The molecule has 0 amide bonds. The Labute approximate surface area is 93.6 Å². The van der Waals surface area contributed by atoms with E-state index < -0.39 is 0 Å². The van der Waals surface area contributed by atoms with Gasteiger partial charge in [0, 0.05) is 29.3 Å². The van der Waals surface area contributed by atoms with Crippen LogP contribution in [0.2, 0.25) is 0 Å². The van der Waals surface area contributed by atoms with Gasteiger partial charge >= 0.3 is 0 Å². The molecule has 0 saturated carbocycles. The summed E-state index contributed by atoms with van der Waals surface area (Å²) in [5.41, 5.74) is 5.59. The van der Waals surface area contributed by atoms with Crippen LogP contribution in [0.15, 0.2) is 28.2 Å². The number of nitrogens with zero attached hydrogens (tertiary/aromatic N) is 1. The lowest BCUT2D eigenvalue weighted by atomic mass is 10.0.